The van der Waals surface area contributed by atoms with Crippen LogP contribution in [0.3, 0.4) is 0 Å². The number of halogens is 1. The van der Waals surface area contributed by atoms with Crippen LogP contribution in [0, 0.1) is 15.9 Å². The average Bonchev–Trinajstić information content (AvgIpc) is 2.62. The van der Waals surface area contributed by atoms with Gasteiger partial charge in [0.05, 0.1) is 4.92 Å². The number of non-ortho nitro benzene ring substituents is 1. The molecule has 0 aromatic heterocycles. The van der Waals surface area contributed by atoms with Gasteiger partial charge in [-0.3, -0.25) is 10.1 Å². The van der Waals surface area contributed by atoms with E-state index in [0.717, 1.165) is 5.69 Å². The van der Waals surface area contributed by atoms with Crippen LogP contribution in [0.4, 0.5) is 26.2 Å². The van der Waals surface area contributed by atoms with Gasteiger partial charge in [0.25, 0.3) is 5.69 Å². The highest BCUT2D eigenvalue weighted by atomic mass is 19.1. The highest BCUT2D eigenvalue weighted by Gasteiger charge is 2.21. The minimum Gasteiger partial charge on any atom is -0.368 e. The van der Waals surface area contributed by atoms with E-state index in [-0.39, 0.29) is 11.7 Å². The Kier molecular flexibility index (Phi) is 4.78. The number of nitrogens with one attached hydrogen (secondary N) is 1. The molecule has 0 unspecified atom stereocenters. The Bertz CT molecular complexity index is 774. The molecule has 2 amide bonds. The molecule has 1 heterocycles. The van der Waals surface area contributed by atoms with Gasteiger partial charge in [0.1, 0.15) is 5.82 Å². The number of benzene rings is 2. The van der Waals surface area contributed by atoms with Crippen molar-refractivity contribution in [2.24, 2.45) is 0 Å². The van der Waals surface area contributed by atoms with Crippen molar-refractivity contribution in [3.05, 3.63) is 64.5 Å². The number of nitro groups is 1. The molecule has 0 aliphatic carbocycles. The molecular formula is C17H17FN4O3. The van der Waals surface area contributed by atoms with E-state index in [0.29, 0.717) is 31.9 Å². The lowest BCUT2D eigenvalue weighted by molar-refractivity contribution is -0.384. The molecule has 1 saturated heterocycles. The van der Waals surface area contributed by atoms with Crippen molar-refractivity contribution in [1.82, 2.24) is 4.90 Å². The maximum Gasteiger partial charge on any atom is 0.321 e. The Morgan fingerprint density at radius 3 is 2.36 bits per heavy atom. The summed E-state index contributed by atoms with van der Waals surface area (Å²) in [5, 5.41) is 13.4. The van der Waals surface area contributed by atoms with Gasteiger partial charge in [-0.1, -0.05) is 6.07 Å². The van der Waals surface area contributed by atoms with E-state index in [2.05, 4.69) is 10.2 Å². The molecule has 7 nitrogen and oxygen atoms in total. The summed E-state index contributed by atoms with van der Waals surface area (Å²) in [5.74, 6) is -0.402. The average molecular weight is 344 g/mol. The van der Waals surface area contributed by atoms with E-state index in [9.17, 15) is 19.3 Å². The Labute approximate surface area is 143 Å². The summed E-state index contributed by atoms with van der Waals surface area (Å²) in [7, 11) is 0. The fourth-order valence-electron chi connectivity index (χ4n) is 2.72. The zero-order chi connectivity index (χ0) is 17.8. The number of anilines is 2. The summed E-state index contributed by atoms with van der Waals surface area (Å²) in [6.07, 6.45) is 0. The minimum atomic E-state index is -0.432. The van der Waals surface area contributed by atoms with Gasteiger partial charge in [-0.2, -0.15) is 0 Å². The molecule has 1 fully saturated rings. The zero-order valence-corrected chi connectivity index (χ0v) is 13.4. The van der Waals surface area contributed by atoms with E-state index >= 15 is 0 Å². The fourth-order valence-corrected chi connectivity index (χ4v) is 2.72. The van der Waals surface area contributed by atoms with Crippen LogP contribution in [-0.4, -0.2) is 42.0 Å². The number of rotatable bonds is 3. The van der Waals surface area contributed by atoms with Crippen LogP contribution < -0.4 is 10.2 Å². The second-order valence-corrected chi connectivity index (χ2v) is 5.69. The van der Waals surface area contributed by atoms with Gasteiger partial charge >= 0.3 is 6.03 Å². The van der Waals surface area contributed by atoms with Crippen LogP contribution in [0.5, 0.6) is 0 Å². The molecule has 0 bridgehead atoms. The van der Waals surface area contributed by atoms with Crippen molar-refractivity contribution < 1.29 is 14.1 Å². The van der Waals surface area contributed by atoms with Crippen LogP contribution in [-0.2, 0) is 0 Å². The van der Waals surface area contributed by atoms with Gasteiger partial charge in [-0.15, -0.1) is 0 Å². The van der Waals surface area contributed by atoms with Crippen molar-refractivity contribution in [1.29, 1.82) is 0 Å². The first-order chi connectivity index (χ1) is 12.0. The van der Waals surface area contributed by atoms with E-state index in [1.54, 1.807) is 23.1 Å². The third-order valence-electron chi connectivity index (χ3n) is 4.07. The number of nitrogens with zero attached hydrogens (tertiary/aromatic N) is 3. The molecule has 0 atom stereocenters. The molecule has 1 aliphatic rings. The Morgan fingerprint density at radius 2 is 1.76 bits per heavy atom. The van der Waals surface area contributed by atoms with Crippen molar-refractivity contribution in [2.75, 3.05) is 36.4 Å². The minimum absolute atomic E-state index is 0.0526. The number of piperazine rings is 1. The fraction of sp³-hybridized carbons (Fsp3) is 0.235. The van der Waals surface area contributed by atoms with E-state index in [1.807, 2.05) is 0 Å². The number of urea groups is 1. The summed E-state index contributed by atoms with van der Waals surface area (Å²) in [6.45, 7) is 2.26. The maximum atomic E-state index is 13.2. The van der Waals surface area contributed by atoms with Gasteiger partial charge < -0.3 is 15.1 Å². The number of carbonyl (C=O) groups is 1. The SMILES string of the molecule is O=C(Nc1cccc(F)c1)N1CCN(c2ccc([N+](=O)[O-])cc2)CC1. The summed E-state index contributed by atoms with van der Waals surface area (Å²) < 4.78 is 13.2. The quantitative estimate of drug-likeness (QED) is 0.685. The third-order valence-corrected chi connectivity index (χ3v) is 4.07. The van der Waals surface area contributed by atoms with Gasteiger partial charge in [0, 0.05) is 49.7 Å². The molecule has 1 aliphatic heterocycles. The predicted molar refractivity (Wildman–Crippen MR) is 92.3 cm³/mol. The zero-order valence-electron chi connectivity index (χ0n) is 13.4. The first-order valence-corrected chi connectivity index (χ1v) is 7.84. The number of amides is 2. The molecule has 3 rings (SSSR count). The van der Waals surface area contributed by atoms with E-state index in [4.69, 9.17) is 0 Å². The van der Waals surface area contributed by atoms with Crippen molar-refractivity contribution >= 4 is 23.1 Å². The summed E-state index contributed by atoms with van der Waals surface area (Å²) in [6, 6.07) is 11.8. The summed E-state index contributed by atoms with van der Waals surface area (Å²) in [4.78, 5) is 26.2. The second-order valence-electron chi connectivity index (χ2n) is 5.69. The molecule has 8 heteroatoms. The topological polar surface area (TPSA) is 78.7 Å². The largest absolute Gasteiger partial charge is 0.368 e. The van der Waals surface area contributed by atoms with Gasteiger partial charge in [0.2, 0.25) is 0 Å². The van der Waals surface area contributed by atoms with E-state index in [1.165, 1.54) is 30.3 Å². The molecule has 0 saturated carbocycles. The normalized spacial score (nSPS) is 14.3. The number of carbonyl (C=O) groups excluding carboxylic acids is 1. The molecule has 0 radical (unpaired) electrons. The first-order valence-electron chi connectivity index (χ1n) is 7.84. The lowest BCUT2D eigenvalue weighted by Gasteiger charge is -2.36. The highest BCUT2D eigenvalue weighted by molar-refractivity contribution is 5.89. The Hall–Kier alpha value is -3.16. The van der Waals surface area contributed by atoms with Crippen molar-refractivity contribution in [3.8, 4) is 0 Å². The van der Waals surface area contributed by atoms with Gasteiger partial charge in [-0.05, 0) is 30.3 Å². The standard InChI is InChI=1S/C17H17FN4O3/c18-13-2-1-3-14(12-13)19-17(23)21-10-8-20(9-11-21)15-4-6-16(7-5-15)22(24)25/h1-7,12H,8-11H2,(H,19,23). The predicted octanol–water partition coefficient (Wildman–Crippen LogP) is 3.09. The van der Waals surface area contributed by atoms with Crippen LogP contribution in [0.1, 0.15) is 0 Å². The molecule has 130 valence electrons. The third kappa shape index (κ3) is 4.03. The summed E-state index contributed by atoms with van der Waals surface area (Å²) in [5.41, 5.74) is 1.36. The van der Waals surface area contributed by atoms with Crippen LogP contribution >= 0.6 is 0 Å². The second kappa shape index (κ2) is 7.16. The highest BCUT2D eigenvalue weighted by Crippen LogP contribution is 2.21. The lowest BCUT2D eigenvalue weighted by atomic mass is 10.2. The molecular weight excluding hydrogens is 327 g/mol. The number of hydrogen-bond acceptors (Lipinski definition) is 4. The maximum absolute atomic E-state index is 13.2. The molecule has 2 aromatic carbocycles. The molecule has 0 spiro atoms. The monoisotopic (exact) mass is 344 g/mol. The first kappa shape index (κ1) is 16.7. The van der Waals surface area contributed by atoms with Gasteiger partial charge in [0.15, 0.2) is 0 Å². The molecule has 1 N–H and O–H groups in total. The van der Waals surface area contributed by atoms with Crippen LogP contribution in [0.2, 0.25) is 0 Å². The van der Waals surface area contributed by atoms with Crippen LogP contribution in [0.25, 0.3) is 0 Å². The van der Waals surface area contributed by atoms with Gasteiger partial charge in [-0.25, -0.2) is 9.18 Å². The van der Waals surface area contributed by atoms with E-state index < -0.39 is 10.7 Å². The number of nitro benzene ring substituents is 1. The van der Waals surface area contributed by atoms with Crippen molar-refractivity contribution in [2.45, 2.75) is 0 Å². The summed E-state index contributed by atoms with van der Waals surface area (Å²) >= 11 is 0. The molecule has 2 aromatic rings. The van der Waals surface area contributed by atoms with Crippen LogP contribution in [0.15, 0.2) is 48.5 Å². The molecule has 25 heavy (non-hydrogen) atoms. The lowest BCUT2D eigenvalue weighted by Crippen LogP contribution is -2.50. The van der Waals surface area contributed by atoms with Crippen molar-refractivity contribution in [3.63, 3.8) is 0 Å². The smallest absolute Gasteiger partial charge is 0.321 e. The number of hydrogen-bond donors (Lipinski definition) is 1. The Morgan fingerprint density at radius 1 is 1.08 bits per heavy atom. The Balaban J connectivity index is 1.56.